The molecule has 0 aromatic carbocycles. The fourth-order valence-corrected chi connectivity index (χ4v) is 3.74. The summed E-state index contributed by atoms with van der Waals surface area (Å²) in [6, 6.07) is 0. The molecule has 1 amide bonds. The molecule has 1 fully saturated rings. The summed E-state index contributed by atoms with van der Waals surface area (Å²) >= 11 is 0. The Morgan fingerprint density at radius 1 is 1.25 bits per heavy atom. The van der Waals surface area contributed by atoms with Crippen molar-refractivity contribution in [3.8, 4) is 0 Å². The Morgan fingerprint density at radius 3 is 2.50 bits per heavy atom. The van der Waals surface area contributed by atoms with E-state index in [9.17, 15) is 4.79 Å². The second kappa shape index (κ2) is 8.69. The van der Waals surface area contributed by atoms with E-state index in [4.69, 9.17) is 0 Å². The minimum absolute atomic E-state index is 0.248. The molecule has 0 aromatic heterocycles. The number of carbonyl (C=O) groups excluding carboxylic acids is 1. The molecular weight excluding hydrogens is 246 g/mol. The molecule has 118 valence electrons. The van der Waals surface area contributed by atoms with Crippen molar-refractivity contribution in [2.24, 2.45) is 29.6 Å². The zero-order valence-corrected chi connectivity index (χ0v) is 14.2. The standard InChI is InChI=1S/C18H35NO/c1-6-8-15(7-2)12-19-18(20)17-11-14(5)9-10-16(17)13(3)4/h13-17H,6-12H2,1-5H3,(H,19,20). The summed E-state index contributed by atoms with van der Waals surface area (Å²) in [7, 11) is 0. The highest BCUT2D eigenvalue weighted by atomic mass is 16.1. The molecule has 0 aromatic rings. The van der Waals surface area contributed by atoms with Crippen molar-refractivity contribution in [1.82, 2.24) is 5.32 Å². The van der Waals surface area contributed by atoms with Gasteiger partial charge >= 0.3 is 0 Å². The molecule has 2 nitrogen and oxygen atoms in total. The van der Waals surface area contributed by atoms with E-state index in [1.54, 1.807) is 0 Å². The van der Waals surface area contributed by atoms with E-state index in [0.717, 1.165) is 13.0 Å². The SMILES string of the molecule is CCCC(CC)CNC(=O)C1CC(C)CCC1C(C)C. The molecule has 0 bridgehead atoms. The quantitative estimate of drug-likeness (QED) is 0.724. The highest BCUT2D eigenvalue weighted by Gasteiger charge is 2.35. The average Bonchev–Trinajstić information content (AvgIpc) is 2.42. The van der Waals surface area contributed by atoms with Crippen molar-refractivity contribution < 1.29 is 4.79 Å². The van der Waals surface area contributed by atoms with Crippen LogP contribution in [0, 0.1) is 29.6 Å². The van der Waals surface area contributed by atoms with Crippen LogP contribution in [0.25, 0.3) is 0 Å². The Morgan fingerprint density at radius 2 is 1.95 bits per heavy atom. The van der Waals surface area contributed by atoms with Gasteiger partial charge in [-0.1, -0.05) is 53.9 Å². The van der Waals surface area contributed by atoms with Crippen molar-refractivity contribution in [2.75, 3.05) is 6.54 Å². The van der Waals surface area contributed by atoms with Crippen molar-refractivity contribution >= 4 is 5.91 Å². The van der Waals surface area contributed by atoms with Gasteiger partial charge in [0.05, 0.1) is 0 Å². The summed E-state index contributed by atoms with van der Waals surface area (Å²) < 4.78 is 0. The highest BCUT2D eigenvalue weighted by Crippen LogP contribution is 2.38. The number of hydrogen-bond donors (Lipinski definition) is 1. The number of amides is 1. The Kier molecular flexibility index (Phi) is 7.61. The van der Waals surface area contributed by atoms with Gasteiger partial charge in [0.25, 0.3) is 0 Å². The zero-order valence-electron chi connectivity index (χ0n) is 14.2. The molecule has 20 heavy (non-hydrogen) atoms. The summed E-state index contributed by atoms with van der Waals surface area (Å²) in [5.41, 5.74) is 0. The van der Waals surface area contributed by atoms with E-state index < -0.39 is 0 Å². The predicted octanol–water partition coefficient (Wildman–Crippen LogP) is 4.64. The first kappa shape index (κ1) is 17.5. The Bertz CT molecular complexity index is 287. The first-order chi connectivity index (χ1) is 9.49. The number of hydrogen-bond acceptors (Lipinski definition) is 1. The molecule has 0 saturated heterocycles. The third kappa shape index (κ3) is 5.10. The van der Waals surface area contributed by atoms with Crippen molar-refractivity contribution in [2.45, 2.75) is 73.1 Å². The second-order valence-corrected chi connectivity index (χ2v) is 7.24. The third-order valence-electron chi connectivity index (χ3n) is 5.20. The van der Waals surface area contributed by atoms with Crippen molar-refractivity contribution in [3.63, 3.8) is 0 Å². The Hall–Kier alpha value is -0.530. The van der Waals surface area contributed by atoms with Crippen LogP contribution in [0.1, 0.15) is 73.1 Å². The van der Waals surface area contributed by atoms with Gasteiger partial charge in [-0.2, -0.15) is 0 Å². The minimum Gasteiger partial charge on any atom is -0.356 e. The largest absolute Gasteiger partial charge is 0.356 e. The van der Waals surface area contributed by atoms with Crippen LogP contribution in [0.2, 0.25) is 0 Å². The Balaban J connectivity index is 2.54. The molecule has 1 aliphatic rings. The lowest BCUT2D eigenvalue weighted by Gasteiger charge is -2.36. The van der Waals surface area contributed by atoms with Gasteiger partial charge in [-0.3, -0.25) is 4.79 Å². The van der Waals surface area contributed by atoms with Gasteiger partial charge in [0.2, 0.25) is 5.91 Å². The lowest BCUT2D eigenvalue weighted by molar-refractivity contribution is -0.129. The Labute approximate surface area is 126 Å². The van der Waals surface area contributed by atoms with Crippen LogP contribution >= 0.6 is 0 Å². The molecule has 1 rings (SSSR count). The van der Waals surface area contributed by atoms with Gasteiger partial charge in [-0.25, -0.2) is 0 Å². The van der Waals surface area contributed by atoms with Gasteiger partial charge in [-0.15, -0.1) is 0 Å². The molecule has 0 aliphatic heterocycles. The maximum Gasteiger partial charge on any atom is 0.223 e. The van der Waals surface area contributed by atoms with E-state index in [2.05, 4.69) is 39.9 Å². The van der Waals surface area contributed by atoms with E-state index in [1.165, 1.54) is 32.1 Å². The van der Waals surface area contributed by atoms with E-state index in [-0.39, 0.29) is 5.92 Å². The molecule has 4 atom stereocenters. The molecule has 1 aliphatic carbocycles. The van der Waals surface area contributed by atoms with Gasteiger partial charge in [-0.05, 0) is 42.9 Å². The number of rotatable bonds is 7. The molecule has 0 radical (unpaired) electrons. The summed E-state index contributed by atoms with van der Waals surface area (Å²) in [5, 5.41) is 3.25. The maximum absolute atomic E-state index is 12.6. The monoisotopic (exact) mass is 281 g/mol. The summed E-state index contributed by atoms with van der Waals surface area (Å²) in [4.78, 5) is 12.6. The molecule has 1 saturated carbocycles. The van der Waals surface area contributed by atoms with Crippen LogP contribution in [-0.4, -0.2) is 12.5 Å². The predicted molar refractivity (Wildman–Crippen MR) is 86.5 cm³/mol. The summed E-state index contributed by atoms with van der Waals surface area (Å²) in [6.07, 6.45) is 7.21. The fourth-order valence-electron chi connectivity index (χ4n) is 3.74. The smallest absolute Gasteiger partial charge is 0.223 e. The highest BCUT2D eigenvalue weighted by molar-refractivity contribution is 5.79. The maximum atomic E-state index is 12.6. The molecule has 2 heteroatoms. The van der Waals surface area contributed by atoms with E-state index >= 15 is 0 Å². The lowest BCUT2D eigenvalue weighted by atomic mass is 9.70. The average molecular weight is 281 g/mol. The lowest BCUT2D eigenvalue weighted by Crippen LogP contribution is -2.41. The van der Waals surface area contributed by atoms with E-state index in [0.29, 0.717) is 29.6 Å². The van der Waals surface area contributed by atoms with Crippen LogP contribution < -0.4 is 5.32 Å². The van der Waals surface area contributed by atoms with Crippen LogP contribution in [-0.2, 0) is 4.79 Å². The third-order valence-corrected chi connectivity index (χ3v) is 5.20. The first-order valence-electron chi connectivity index (χ1n) is 8.77. The zero-order chi connectivity index (χ0) is 15.1. The van der Waals surface area contributed by atoms with Gasteiger partial charge in [0.1, 0.15) is 0 Å². The van der Waals surface area contributed by atoms with Crippen molar-refractivity contribution in [1.29, 1.82) is 0 Å². The van der Waals surface area contributed by atoms with Gasteiger partial charge in [0.15, 0.2) is 0 Å². The number of nitrogens with one attached hydrogen (secondary N) is 1. The van der Waals surface area contributed by atoms with Crippen LogP contribution in [0.5, 0.6) is 0 Å². The van der Waals surface area contributed by atoms with Crippen LogP contribution in [0.15, 0.2) is 0 Å². The van der Waals surface area contributed by atoms with Crippen LogP contribution in [0.4, 0.5) is 0 Å². The minimum atomic E-state index is 0.248. The van der Waals surface area contributed by atoms with E-state index in [1.807, 2.05) is 0 Å². The molecule has 0 spiro atoms. The van der Waals surface area contributed by atoms with Crippen molar-refractivity contribution in [3.05, 3.63) is 0 Å². The molecule has 0 heterocycles. The summed E-state index contributed by atoms with van der Waals surface area (Å²) in [6.45, 7) is 12.2. The first-order valence-corrected chi connectivity index (χ1v) is 8.77. The van der Waals surface area contributed by atoms with Gasteiger partial charge < -0.3 is 5.32 Å². The summed E-state index contributed by atoms with van der Waals surface area (Å²) in [5.74, 6) is 3.14. The molecular formula is C18H35NO. The van der Waals surface area contributed by atoms with Crippen LogP contribution in [0.3, 0.4) is 0 Å². The second-order valence-electron chi connectivity index (χ2n) is 7.24. The topological polar surface area (TPSA) is 29.1 Å². The normalized spacial score (nSPS) is 28.4. The number of carbonyl (C=O) groups is 1. The molecule has 4 unspecified atom stereocenters. The molecule has 1 N–H and O–H groups in total. The fraction of sp³-hybridized carbons (Fsp3) is 0.944. The van der Waals surface area contributed by atoms with Gasteiger partial charge in [0, 0.05) is 12.5 Å².